The minimum atomic E-state index is -0.320. The first kappa shape index (κ1) is 14.5. The van der Waals surface area contributed by atoms with Crippen LogP contribution in [0.2, 0.25) is 10.0 Å². The van der Waals surface area contributed by atoms with E-state index < -0.39 is 0 Å². The molecule has 0 atom stereocenters. The van der Waals surface area contributed by atoms with E-state index in [1.807, 2.05) is 13.8 Å². The Kier molecular flexibility index (Phi) is 4.99. The van der Waals surface area contributed by atoms with Crippen molar-refractivity contribution < 1.29 is 4.79 Å². The molecule has 0 bridgehead atoms. The van der Waals surface area contributed by atoms with Gasteiger partial charge in [0, 0.05) is 28.4 Å². The van der Waals surface area contributed by atoms with Crippen LogP contribution >= 0.6 is 23.2 Å². The Labute approximate surface area is 112 Å². The van der Waals surface area contributed by atoms with Crippen LogP contribution in [0.25, 0.3) is 0 Å². The summed E-state index contributed by atoms with van der Waals surface area (Å²) < 4.78 is 0. The highest BCUT2D eigenvalue weighted by atomic mass is 35.5. The van der Waals surface area contributed by atoms with Crippen molar-refractivity contribution in [1.82, 2.24) is 0 Å². The van der Waals surface area contributed by atoms with Crippen LogP contribution in [0.15, 0.2) is 18.2 Å². The van der Waals surface area contributed by atoms with Gasteiger partial charge in [-0.15, -0.1) is 0 Å². The van der Waals surface area contributed by atoms with Gasteiger partial charge in [-0.2, -0.15) is 0 Å². The molecule has 1 aromatic rings. The number of carbonyl (C=O) groups is 1. The number of hydrogen-bond acceptors (Lipinski definition) is 2. The SMILES string of the molecule is CC(C)(N)CCC(=O)Cc1c(Cl)cccc1Cl. The average Bonchev–Trinajstić information content (AvgIpc) is 2.20. The van der Waals surface area contributed by atoms with Crippen LogP contribution in [0.3, 0.4) is 0 Å². The molecule has 0 saturated carbocycles. The van der Waals surface area contributed by atoms with Gasteiger partial charge in [0.05, 0.1) is 0 Å². The molecule has 0 saturated heterocycles. The summed E-state index contributed by atoms with van der Waals surface area (Å²) in [5.74, 6) is 0.110. The Balaban J connectivity index is 2.63. The van der Waals surface area contributed by atoms with E-state index in [9.17, 15) is 4.79 Å². The molecule has 0 aliphatic rings. The second kappa shape index (κ2) is 5.85. The van der Waals surface area contributed by atoms with Gasteiger partial charge >= 0.3 is 0 Å². The topological polar surface area (TPSA) is 43.1 Å². The Morgan fingerprint density at radius 3 is 2.29 bits per heavy atom. The second-order valence-corrected chi connectivity index (χ2v) is 5.72. The molecule has 0 aliphatic carbocycles. The first-order valence-corrected chi connectivity index (χ1v) is 6.28. The van der Waals surface area contributed by atoms with Gasteiger partial charge in [0.1, 0.15) is 5.78 Å². The van der Waals surface area contributed by atoms with E-state index in [-0.39, 0.29) is 17.7 Å². The second-order valence-electron chi connectivity index (χ2n) is 4.90. The average molecular weight is 274 g/mol. The number of benzene rings is 1. The van der Waals surface area contributed by atoms with Crippen LogP contribution in [-0.4, -0.2) is 11.3 Å². The summed E-state index contributed by atoms with van der Waals surface area (Å²) in [6.45, 7) is 3.81. The van der Waals surface area contributed by atoms with Crippen LogP contribution in [0, 0.1) is 0 Å². The summed E-state index contributed by atoms with van der Waals surface area (Å²) >= 11 is 12.0. The molecule has 1 rings (SSSR count). The molecule has 1 aromatic carbocycles. The largest absolute Gasteiger partial charge is 0.326 e. The summed E-state index contributed by atoms with van der Waals surface area (Å²) in [5.41, 5.74) is 6.22. The van der Waals surface area contributed by atoms with Crippen molar-refractivity contribution in [3.63, 3.8) is 0 Å². The molecular weight excluding hydrogens is 257 g/mol. The highest BCUT2D eigenvalue weighted by Gasteiger charge is 2.15. The van der Waals surface area contributed by atoms with Gasteiger partial charge < -0.3 is 5.73 Å². The van der Waals surface area contributed by atoms with Gasteiger partial charge in [-0.25, -0.2) is 0 Å². The molecule has 0 heterocycles. The highest BCUT2D eigenvalue weighted by molar-refractivity contribution is 6.36. The van der Waals surface area contributed by atoms with Gasteiger partial charge in [-0.1, -0.05) is 29.3 Å². The van der Waals surface area contributed by atoms with Crippen LogP contribution < -0.4 is 5.73 Å². The highest BCUT2D eigenvalue weighted by Crippen LogP contribution is 2.25. The third-order valence-electron chi connectivity index (χ3n) is 2.48. The van der Waals surface area contributed by atoms with Crippen molar-refractivity contribution in [1.29, 1.82) is 0 Å². The number of nitrogens with two attached hydrogens (primary N) is 1. The zero-order valence-electron chi connectivity index (χ0n) is 10.1. The van der Waals surface area contributed by atoms with Gasteiger partial charge in [-0.05, 0) is 38.0 Å². The molecule has 17 heavy (non-hydrogen) atoms. The molecule has 94 valence electrons. The van der Waals surface area contributed by atoms with Crippen molar-refractivity contribution in [2.24, 2.45) is 5.73 Å². The standard InChI is InChI=1S/C13H17Cl2NO/c1-13(2,16)7-6-9(17)8-10-11(14)4-3-5-12(10)15/h3-5H,6-8,16H2,1-2H3. The van der Waals surface area contributed by atoms with Gasteiger partial charge in [0.25, 0.3) is 0 Å². The van der Waals surface area contributed by atoms with Crippen LogP contribution in [0.5, 0.6) is 0 Å². The van der Waals surface area contributed by atoms with E-state index in [2.05, 4.69) is 0 Å². The number of ketones is 1. The fourth-order valence-electron chi connectivity index (χ4n) is 1.45. The minimum Gasteiger partial charge on any atom is -0.326 e. The van der Waals surface area contributed by atoms with Crippen molar-refractivity contribution in [3.8, 4) is 0 Å². The fourth-order valence-corrected chi connectivity index (χ4v) is 1.98. The predicted octanol–water partition coefficient (Wildman–Crippen LogP) is 3.62. The van der Waals surface area contributed by atoms with E-state index in [1.165, 1.54) is 0 Å². The monoisotopic (exact) mass is 273 g/mol. The van der Waals surface area contributed by atoms with Gasteiger partial charge in [0.15, 0.2) is 0 Å². The Morgan fingerprint density at radius 2 is 1.82 bits per heavy atom. The molecule has 0 spiro atoms. The number of hydrogen-bond donors (Lipinski definition) is 1. The number of rotatable bonds is 5. The van der Waals surface area contributed by atoms with Crippen LogP contribution in [0.1, 0.15) is 32.3 Å². The summed E-state index contributed by atoms with van der Waals surface area (Å²) in [4.78, 5) is 11.8. The molecule has 0 unspecified atom stereocenters. The summed E-state index contributed by atoms with van der Waals surface area (Å²) in [6, 6.07) is 5.24. The number of carbonyl (C=O) groups excluding carboxylic acids is 1. The quantitative estimate of drug-likeness (QED) is 0.891. The van der Waals surface area contributed by atoms with E-state index in [4.69, 9.17) is 28.9 Å². The van der Waals surface area contributed by atoms with Gasteiger partial charge in [-0.3, -0.25) is 4.79 Å². The number of Topliss-reactive ketones (excluding diaryl/α,β-unsaturated/α-hetero) is 1. The lowest BCUT2D eigenvalue weighted by atomic mass is 9.96. The van der Waals surface area contributed by atoms with E-state index >= 15 is 0 Å². The van der Waals surface area contributed by atoms with E-state index in [0.717, 1.165) is 0 Å². The van der Waals surface area contributed by atoms with E-state index in [0.29, 0.717) is 28.5 Å². The lowest BCUT2D eigenvalue weighted by molar-refractivity contribution is -0.118. The summed E-state index contributed by atoms with van der Waals surface area (Å²) in [7, 11) is 0. The minimum absolute atomic E-state index is 0.110. The summed E-state index contributed by atoms with van der Waals surface area (Å²) in [6.07, 6.45) is 1.38. The zero-order valence-corrected chi connectivity index (χ0v) is 11.6. The molecule has 4 heteroatoms. The van der Waals surface area contributed by atoms with Crippen LogP contribution in [-0.2, 0) is 11.2 Å². The summed E-state index contributed by atoms with van der Waals surface area (Å²) in [5, 5.41) is 1.08. The third kappa shape index (κ3) is 5.07. The number of halogens is 2. The maximum absolute atomic E-state index is 11.8. The van der Waals surface area contributed by atoms with Crippen molar-refractivity contribution >= 4 is 29.0 Å². The van der Waals surface area contributed by atoms with Gasteiger partial charge in [0.2, 0.25) is 0 Å². The third-order valence-corrected chi connectivity index (χ3v) is 3.19. The van der Waals surface area contributed by atoms with E-state index in [1.54, 1.807) is 18.2 Å². The molecular formula is C13H17Cl2NO. The Hall–Kier alpha value is -0.570. The first-order chi connectivity index (χ1) is 7.79. The first-order valence-electron chi connectivity index (χ1n) is 5.53. The molecule has 0 amide bonds. The Morgan fingerprint density at radius 1 is 1.29 bits per heavy atom. The maximum atomic E-state index is 11.8. The smallest absolute Gasteiger partial charge is 0.137 e. The Bertz CT molecular complexity index is 390. The van der Waals surface area contributed by atoms with Crippen molar-refractivity contribution in [3.05, 3.63) is 33.8 Å². The molecule has 0 fully saturated rings. The molecule has 0 aliphatic heterocycles. The zero-order chi connectivity index (χ0) is 13.1. The lowest BCUT2D eigenvalue weighted by Crippen LogP contribution is -2.32. The molecule has 0 aromatic heterocycles. The predicted molar refractivity (Wildman–Crippen MR) is 72.7 cm³/mol. The molecule has 0 radical (unpaired) electrons. The molecule has 2 N–H and O–H groups in total. The van der Waals surface area contributed by atoms with Crippen molar-refractivity contribution in [2.75, 3.05) is 0 Å². The normalized spacial score (nSPS) is 11.6. The van der Waals surface area contributed by atoms with Crippen molar-refractivity contribution in [2.45, 2.75) is 38.6 Å². The maximum Gasteiger partial charge on any atom is 0.137 e. The molecule has 2 nitrogen and oxygen atoms in total. The fraction of sp³-hybridized carbons (Fsp3) is 0.462. The van der Waals surface area contributed by atoms with Crippen LogP contribution in [0.4, 0.5) is 0 Å². The lowest BCUT2D eigenvalue weighted by Gasteiger charge is -2.17.